The molecule has 8 heteroatoms. The van der Waals surface area contributed by atoms with Crippen LogP contribution in [0.5, 0.6) is 11.5 Å². The summed E-state index contributed by atoms with van der Waals surface area (Å²) in [7, 11) is 0. The average molecular weight is 437 g/mol. The van der Waals surface area contributed by atoms with Gasteiger partial charge in [-0.1, -0.05) is 39.3 Å². The molecule has 2 N–H and O–H groups in total. The van der Waals surface area contributed by atoms with Crippen LogP contribution in [-0.2, 0) is 25.5 Å². The molecule has 2 atom stereocenters. The first-order chi connectivity index (χ1) is 14.8. The van der Waals surface area contributed by atoms with Crippen LogP contribution in [0.4, 0.5) is 0 Å². The molecule has 0 spiro atoms. The molecule has 0 saturated carbocycles. The van der Waals surface area contributed by atoms with Crippen molar-refractivity contribution in [3.05, 3.63) is 47.4 Å². The Kier molecular flexibility index (Phi) is 11.0. The molecular weight excluding hydrogens is 404 g/mol. The minimum Gasteiger partial charge on any atom is -0.515 e. The number of carbonyl (C=O) groups is 2. The van der Waals surface area contributed by atoms with Gasteiger partial charge in [0.25, 0.3) is 0 Å². The number of rotatable bonds is 12. The largest absolute Gasteiger partial charge is 0.515 e. The van der Waals surface area contributed by atoms with Crippen LogP contribution in [0, 0.1) is 0 Å². The van der Waals surface area contributed by atoms with Gasteiger partial charge in [-0.3, -0.25) is 0 Å². The number of para-hydroxylation sites is 1. The van der Waals surface area contributed by atoms with Crippen LogP contribution in [0.15, 0.2) is 41.9 Å². The lowest BCUT2D eigenvalue weighted by Crippen LogP contribution is -2.27. The summed E-state index contributed by atoms with van der Waals surface area (Å²) in [5.74, 6) is -0.678. The van der Waals surface area contributed by atoms with E-state index in [1.165, 1.54) is 13.8 Å². The summed E-state index contributed by atoms with van der Waals surface area (Å²) < 4.78 is 22.5. The number of aliphatic hydroxyl groups excluding tert-OH is 2. The van der Waals surface area contributed by atoms with Crippen molar-refractivity contribution in [1.82, 2.24) is 0 Å². The first-order valence-electron chi connectivity index (χ1n) is 10.3. The van der Waals surface area contributed by atoms with Crippen molar-refractivity contribution in [3.8, 4) is 11.5 Å². The molecule has 1 aromatic rings. The maximum Gasteiger partial charge on any atom is 0.339 e. The van der Waals surface area contributed by atoms with Gasteiger partial charge in [-0.2, -0.15) is 0 Å². The maximum atomic E-state index is 12.0. The van der Waals surface area contributed by atoms with Crippen LogP contribution in [-0.4, -0.2) is 34.7 Å². The zero-order chi connectivity index (χ0) is 23.4. The summed E-state index contributed by atoms with van der Waals surface area (Å²) in [4.78, 5) is 24.0. The van der Waals surface area contributed by atoms with Crippen molar-refractivity contribution in [3.63, 3.8) is 0 Å². The Morgan fingerprint density at radius 1 is 0.903 bits per heavy atom. The lowest BCUT2D eigenvalue weighted by atomic mass is 10.1. The van der Waals surface area contributed by atoms with Crippen LogP contribution in [0.3, 0.4) is 0 Å². The number of hydrogen-bond donors (Lipinski definition) is 2. The third-order valence-electron chi connectivity index (χ3n) is 4.26. The molecule has 0 heterocycles. The standard InChI is InChI=1S/C23H32O8/c1-6-10-17-11-9-12-18(28-19(7-2)30-22(26)15(4)13-24)21(17)29-20(8-3)31-23(27)16(5)14-25/h9,11-14,19-20,24-25H,6-8,10H2,1-5H3/b15-13+,16-14+. The van der Waals surface area contributed by atoms with E-state index in [4.69, 9.17) is 29.2 Å². The number of hydrogen-bond acceptors (Lipinski definition) is 8. The van der Waals surface area contributed by atoms with E-state index < -0.39 is 24.5 Å². The van der Waals surface area contributed by atoms with Gasteiger partial charge in [-0.15, -0.1) is 0 Å². The van der Waals surface area contributed by atoms with Crippen molar-refractivity contribution >= 4 is 11.9 Å². The summed E-state index contributed by atoms with van der Waals surface area (Å²) >= 11 is 0. The molecule has 31 heavy (non-hydrogen) atoms. The molecule has 0 aliphatic heterocycles. The average Bonchev–Trinajstić information content (AvgIpc) is 2.78. The van der Waals surface area contributed by atoms with Crippen LogP contribution in [0.2, 0.25) is 0 Å². The van der Waals surface area contributed by atoms with Gasteiger partial charge in [0, 0.05) is 12.8 Å². The highest BCUT2D eigenvalue weighted by molar-refractivity contribution is 5.87. The van der Waals surface area contributed by atoms with E-state index >= 15 is 0 Å². The second kappa shape index (κ2) is 13.2. The zero-order valence-corrected chi connectivity index (χ0v) is 18.7. The van der Waals surface area contributed by atoms with Crippen molar-refractivity contribution in [2.45, 2.75) is 72.9 Å². The Labute approximate surface area is 183 Å². The lowest BCUT2D eigenvalue weighted by Gasteiger charge is -2.24. The summed E-state index contributed by atoms with van der Waals surface area (Å²) in [5, 5.41) is 18.0. The SMILES string of the molecule is CCCc1cccc(OC(CC)OC(=O)/C(C)=C/O)c1OC(CC)OC(=O)/C(C)=C/O. The minimum absolute atomic E-state index is 0.0449. The monoisotopic (exact) mass is 436 g/mol. The number of ether oxygens (including phenoxy) is 4. The molecule has 0 aromatic heterocycles. The van der Waals surface area contributed by atoms with Gasteiger partial charge >= 0.3 is 11.9 Å². The fourth-order valence-corrected chi connectivity index (χ4v) is 2.44. The maximum absolute atomic E-state index is 12.0. The van der Waals surface area contributed by atoms with Crippen LogP contribution in [0.25, 0.3) is 0 Å². The fraction of sp³-hybridized carbons (Fsp3) is 0.478. The Balaban J connectivity index is 3.17. The van der Waals surface area contributed by atoms with Crippen molar-refractivity contribution < 1.29 is 38.7 Å². The van der Waals surface area contributed by atoms with Crippen LogP contribution < -0.4 is 9.47 Å². The predicted molar refractivity (Wildman–Crippen MR) is 115 cm³/mol. The third kappa shape index (κ3) is 7.88. The Morgan fingerprint density at radius 3 is 1.87 bits per heavy atom. The van der Waals surface area contributed by atoms with Crippen molar-refractivity contribution in [2.75, 3.05) is 0 Å². The van der Waals surface area contributed by atoms with Gasteiger partial charge in [-0.05, 0) is 31.9 Å². The fourth-order valence-electron chi connectivity index (χ4n) is 2.44. The van der Waals surface area contributed by atoms with Gasteiger partial charge in [0.1, 0.15) is 0 Å². The highest BCUT2D eigenvalue weighted by Gasteiger charge is 2.23. The molecule has 0 aliphatic rings. The molecule has 0 amide bonds. The third-order valence-corrected chi connectivity index (χ3v) is 4.26. The number of esters is 2. The highest BCUT2D eigenvalue weighted by atomic mass is 16.7. The molecule has 0 fully saturated rings. The Bertz CT molecular complexity index is 797. The van der Waals surface area contributed by atoms with Crippen molar-refractivity contribution in [1.29, 1.82) is 0 Å². The molecule has 172 valence electrons. The van der Waals surface area contributed by atoms with Crippen LogP contribution in [0.1, 0.15) is 59.4 Å². The van der Waals surface area contributed by atoms with E-state index in [2.05, 4.69) is 0 Å². The van der Waals surface area contributed by atoms with Gasteiger partial charge in [0.15, 0.2) is 11.5 Å². The number of carbonyl (C=O) groups excluding carboxylic acids is 2. The molecule has 0 bridgehead atoms. The molecule has 0 saturated heterocycles. The topological polar surface area (TPSA) is 112 Å². The van der Waals surface area contributed by atoms with Gasteiger partial charge in [0.2, 0.25) is 12.6 Å². The quantitative estimate of drug-likeness (QED) is 0.206. The van der Waals surface area contributed by atoms with Gasteiger partial charge in [0.05, 0.1) is 23.7 Å². The van der Waals surface area contributed by atoms with Gasteiger partial charge in [-0.25, -0.2) is 9.59 Å². The summed E-state index contributed by atoms with van der Waals surface area (Å²) in [6, 6.07) is 5.35. The molecule has 0 radical (unpaired) electrons. The summed E-state index contributed by atoms with van der Waals surface area (Å²) in [6.07, 6.45) is 1.77. The predicted octanol–water partition coefficient (Wildman–Crippen LogP) is 4.88. The summed E-state index contributed by atoms with van der Waals surface area (Å²) in [6.45, 7) is 8.45. The molecule has 2 unspecified atom stereocenters. The second-order valence-corrected chi connectivity index (χ2v) is 6.84. The smallest absolute Gasteiger partial charge is 0.339 e. The Hall–Kier alpha value is -3.16. The first-order valence-corrected chi connectivity index (χ1v) is 10.3. The molecular formula is C23H32O8. The molecule has 0 aliphatic carbocycles. The molecule has 1 aromatic carbocycles. The number of benzene rings is 1. The van der Waals surface area contributed by atoms with E-state index in [0.29, 0.717) is 43.3 Å². The minimum atomic E-state index is -0.913. The van der Waals surface area contributed by atoms with E-state index in [-0.39, 0.29) is 11.1 Å². The normalized spacial score (nSPS) is 13.8. The first kappa shape index (κ1) is 25.9. The van der Waals surface area contributed by atoms with E-state index in [9.17, 15) is 9.59 Å². The zero-order valence-electron chi connectivity index (χ0n) is 18.7. The Morgan fingerprint density at radius 2 is 1.42 bits per heavy atom. The number of aryl methyl sites for hydroxylation is 1. The van der Waals surface area contributed by atoms with E-state index in [1.54, 1.807) is 26.0 Å². The lowest BCUT2D eigenvalue weighted by molar-refractivity contribution is -0.163. The van der Waals surface area contributed by atoms with Crippen LogP contribution >= 0.6 is 0 Å². The van der Waals surface area contributed by atoms with Gasteiger partial charge < -0.3 is 29.2 Å². The van der Waals surface area contributed by atoms with E-state index in [1.807, 2.05) is 13.0 Å². The molecule has 8 nitrogen and oxygen atoms in total. The molecule has 1 rings (SSSR count). The summed E-state index contributed by atoms with van der Waals surface area (Å²) in [5.41, 5.74) is 0.936. The van der Waals surface area contributed by atoms with E-state index in [0.717, 1.165) is 12.0 Å². The second-order valence-electron chi connectivity index (χ2n) is 6.84. The van der Waals surface area contributed by atoms with Crippen molar-refractivity contribution in [2.24, 2.45) is 0 Å². The highest BCUT2D eigenvalue weighted by Crippen LogP contribution is 2.35. The number of aliphatic hydroxyl groups is 2.